The Labute approximate surface area is 98.5 Å². The van der Waals surface area contributed by atoms with Crippen LogP contribution in [0.15, 0.2) is 18.2 Å². The van der Waals surface area contributed by atoms with Crippen molar-refractivity contribution >= 4 is 5.91 Å². The lowest BCUT2D eigenvalue weighted by Crippen LogP contribution is -2.33. The van der Waals surface area contributed by atoms with Crippen molar-refractivity contribution in [1.82, 2.24) is 5.32 Å². The van der Waals surface area contributed by atoms with E-state index >= 15 is 0 Å². The fourth-order valence-corrected chi connectivity index (χ4v) is 1.45. The van der Waals surface area contributed by atoms with Crippen LogP contribution < -0.4 is 5.32 Å². The highest BCUT2D eigenvalue weighted by atomic mass is 19.2. The molecule has 1 unspecified atom stereocenters. The molecule has 17 heavy (non-hydrogen) atoms. The molecule has 0 radical (unpaired) electrons. The second-order valence-corrected chi connectivity index (χ2v) is 3.84. The summed E-state index contributed by atoms with van der Waals surface area (Å²) in [6.07, 6.45) is 1.13. The van der Waals surface area contributed by atoms with Crippen LogP contribution in [0.1, 0.15) is 30.1 Å². The SMILES string of the molecule is CC(CCCO)NC(=O)c1cccc(F)c1F. The smallest absolute Gasteiger partial charge is 0.254 e. The first-order valence-electron chi connectivity index (χ1n) is 5.42. The summed E-state index contributed by atoms with van der Waals surface area (Å²) in [6, 6.07) is 3.27. The van der Waals surface area contributed by atoms with Crippen molar-refractivity contribution in [2.45, 2.75) is 25.8 Å². The van der Waals surface area contributed by atoms with E-state index in [1.807, 2.05) is 0 Å². The van der Waals surface area contributed by atoms with E-state index in [1.165, 1.54) is 12.1 Å². The zero-order chi connectivity index (χ0) is 12.8. The van der Waals surface area contributed by atoms with Gasteiger partial charge in [-0.3, -0.25) is 4.79 Å². The lowest BCUT2D eigenvalue weighted by atomic mass is 10.1. The number of carbonyl (C=O) groups excluding carboxylic acids is 1. The Hall–Kier alpha value is -1.49. The van der Waals surface area contributed by atoms with Gasteiger partial charge in [-0.2, -0.15) is 0 Å². The van der Waals surface area contributed by atoms with Crippen LogP contribution in [0.2, 0.25) is 0 Å². The van der Waals surface area contributed by atoms with E-state index in [9.17, 15) is 13.6 Å². The van der Waals surface area contributed by atoms with Gasteiger partial charge in [-0.25, -0.2) is 8.78 Å². The summed E-state index contributed by atoms with van der Waals surface area (Å²) in [5.74, 6) is -2.83. The van der Waals surface area contributed by atoms with Crippen LogP contribution in [0.25, 0.3) is 0 Å². The molecule has 1 atom stereocenters. The summed E-state index contributed by atoms with van der Waals surface area (Å²) in [7, 11) is 0. The molecule has 3 nitrogen and oxygen atoms in total. The van der Waals surface area contributed by atoms with Gasteiger partial charge in [0.1, 0.15) is 0 Å². The molecule has 0 aliphatic heterocycles. The van der Waals surface area contributed by atoms with Gasteiger partial charge in [0, 0.05) is 12.6 Å². The monoisotopic (exact) mass is 243 g/mol. The van der Waals surface area contributed by atoms with Crippen LogP contribution >= 0.6 is 0 Å². The largest absolute Gasteiger partial charge is 0.396 e. The summed E-state index contributed by atoms with van der Waals surface area (Å²) in [5.41, 5.74) is -0.305. The van der Waals surface area contributed by atoms with E-state index in [2.05, 4.69) is 5.32 Å². The number of carbonyl (C=O) groups is 1. The number of nitrogens with one attached hydrogen (secondary N) is 1. The molecule has 0 aliphatic carbocycles. The minimum absolute atomic E-state index is 0.0362. The Morgan fingerprint density at radius 2 is 2.18 bits per heavy atom. The van der Waals surface area contributed by atoms with Crippen molar-refractivity contribution in [3.63, 3.8) is 0 Å². The van der Waals surface area contributed by atoms with Crippen molar-refractivity contribution in [3.8, 4) is 0 Å². The topological polar surface area (TPSA) is 49.3 Å². The third-order valence-corrected chi connectivity index (χ3v) is 2.37. The van der Waals surface area contributed by atoms with Gasteiger partial charge in [0.05, 0.1) is 5.56 Å². The number of halogens is 2. The van der Waals surface area contributed by atoms with Crippen molar-refractivity contribution in [1.29, 1.82) is 0 Å². The zero-order valence-corrected chi connectivity index (χ0v) is 9.54. The molecule has 0 fully saturated rings. The van der Waals surface area contributed by atoms with Gasteiger partial charge in [0.15, 0.2) is 11.6 Å². The maximum absolute atomic E-state index is 13.3. The number of hydrogen-bond donors (Lipinski definition) is 2. The second kappa shape index (κ2) is 6.30. The molecule has 5 heteroatoms. The summed E-state index contributed by atoms with van der Waals surface area (Å²) in [4.78, 5) is 11.6. The Bertz CT molecular complexity index is 396. The summed E-state index contributed by atoms with van der Waals surface area (Å²) >= 11 is 0. The van der Waals surface area contributed by atoms with Crippen molar-refractivity contribution in [2.75, 3.05) is 6.61 Å². The van der Waals surface area contributed by atoms with E-state index in [1.54, 1.807) is 6.92 Å². The fraction of sp³-hybridized carbons (Fsp3) is 0.417. The standard InChI is InChI=1S/C12H15F2NO2/c1-8(4-3-7-16)15-12(17)9-5-2-6-10(13)11(9)14/h2,5-6,8,16H,3-4,7H2,1H3,(H,15,17). The van der Waals surface area contributed by atoms with Gasteiger partial charge in [-0.05, 0) is 31.9 Å². The molecule has 1 rings (SSSR count). The maximum Gasteiger partial charge on any atom is 0.254 e. The van der Waals surface area contributed by atoms with Gasteiger partial charge in [0.25, 0.3) is 5.91 Å². The van der Waals surface area contributed by atoms with E-state index in [0.29, 0.717) is 12.8 Å². The molecular weight excluding hydrogens is 228 g/mol. The molecule has 0 aromatic heterocycles. The first-order chi connectivity index (χ1) is 8.06. The molecule has 1 aromatic rings. The molecule has 1 amide bonds. The third kappa shape index (κ3) is 3.78. The molecule has 2 N–H and O–H groups in total. The van der Waals surface area contributed by atoms with Crippen LogP contribution in [0.5, 0.6) is 0 Å². The molecule has 94 valence electrons. The Morgan fingerprint density at radius 3 is 2.82 bits per heavy atom. The van der Waals surface area contributed by atoms with Gasteiger partial charge < -0.3 is 10.4 Å². The summed E-state index contributed by atoms with van der Waals surface area (Å²) in [6.45, 7) is 1.78. The lowest BCUT2D eigenvalue weighted by molar-refractivity contribution is 0.0931. The van der Waals surface area contributed by atoms with Gasteiger partial charge in [-0.15, -0.1) is 0 Å². The quantitative estimate of drug-likeness (QED) is 0.829. The van der Waals surface area contributed by atoms with Crippen LogP contribution in [0.4, 0.5) is 8.78 Å². The minimum atomic E-state index is -1.14. The van der Waals surface area contributed by atoms with Crippen molar-refractivity contribution in [2.24, 2.45) is 0 Å². The van der Waals surface area contributed by atoms with Crippen LogP contribution in [-0.2, 0) is 0 Å². The van der Waals surface area contributed by atoms with E-state index in [0.717, 1.165) is 6.07 Å². The predicted molar refractivity (Wildman–Crippen MR) is 59.6 cm³/mol. The van der Waals surface area contributed by atoms with Crippen LogP contribution in [0.3, 0.4) is 0 Å². The first-order valence-corrected chi connectivity index (χ1v) is 5.42. The van der Waals surface area contributed by atoms with Crippen LogP contribution in [0, 0.1) is 11.6 Å². The minimum Gasteiger partial charge on any atom is -0.396 e. The number of aliphatic hydroxyl groups excluding tert-OH is 1. The summed E-state index contributed by atoms with van der Waals surface area (Å²) in [5, 5.41) is 11.2. The summed E-state index contributed by atoms with van der Waals surface area (Å²) < 4.78 is 26.2. The highest BCUT2D eigenvalue weighted by molar-refractivity contribution is 5.94. The second-order valence-electron chi connectivity index (χ2n) is 3.84. The Kier molecular flexibility index (Phi) is 5.03. The first kappa shape index (κ1) is 13.6. The number of rotatable bonds is 5. The van der Waals surface area contributed by atoms with E-state index in [4.69, 9.17) is 5.11 Å². The average Bonchev–Trinajstić information content (AvgIpc) is 2.29. The molecule has 0 heterocycles. The normalized spacial score (nSPS) is 12.2. The van der Waals surface area contributed by atoms with E-state index in [-0.39, 0.29) is 18.2 Å². The van der Waals surface area contributed by atoms with Gasteiger partial charge in [-0.1, -0.05) is 6.07 Å². The van der Waals surface area contributed by atoms with Crippen molar-refractivity contribution < 1.29 is 18.7 Å². The molecule has 0 spiro atoms. The zero-order valence-electron chi connectivity index (χ0n) is 9.54. The number of aliphatic hydroxyl groups is 1. The van der Waals surface area contributed by atoms with Crippen molar-refractivity contribution in [3.05, 3.63) is 35.4 Å². The lowest BCUT2D eigenvalue weighted by Gasteiger charge is -2.13. The third-order valence-electron chi connectivity index (χ3n) is 2.37. The van der Waals surface area contributed by atoms with E-state index < -0.39 is 17.5 Å². The van der Waals surface area contributed by atoms with Gasteiger partial charge >= 0.3 is 0 Å². The molecule has 0 saturated heterocycles. The number of hydrogen-bond acceptors (Lipinski definition) is 2. The number of benzene rings is 1. The fourth-order valence-electron chi connectivity index (χ4n) is 1.45. The maximum atomic E-state index is 13.3. The highest BCUT2D eigenvalue weighted by Crippen LogP contribution is 2.11. The highest BCUT2D eigenvalue weighted by Gasteiger charge is 2.16. The molecule has 1 aromatic carbocycles. The molecular formula is C12H15F2NO2. The predicted octanol–water partition coefficient (Wildman–Crippen LogP) is 1.86. The molecule has 0 bridgehead atoms. The number of amides is 1. The van der Waals surface area contributed by atoms with Gasteiger partial charge in [0.2, 0.25) is 0 Å². The van der Waals surface area contributed by atoms with Crippen LogP contribution in [-0.4, -0.2) is 23.7 Å². The molecule has 0 saturated carbocycles. The Balaban J connectivity index is 2.67. The molecule has 0 aliphatic rings. The Morgan fingerprint density at radius 1 is 1.47 bits per heavy atom. The average molecular weight is 243 g/mol.